The van der Waals surface area contributed by atoms with E-state index in [-0.39, 0.29) is 5.82 Å². The van der Waals surface area contributed by atoms with Gasteiger partial charge in [-0.25, -0.2) is 4.39 Å². The van der Waals surface area contributed by atoms with Crippen LogP contribution in [-0.2, 0) is 6.61 Å². The van der Waals surface area contributed by atoms with E-state index in [1.165, 1.54) is 6.07 Å². The molecule has 0 atom stereocenters. The smallest absolute Gasteiger partial charge is 0.126 e. The van der Waals surface area contributed by atoms with Gasteiger partial charge in [0.1, 0.15) is 18.2 Å². The molecular formula is C17H18FNOSi. The van der Waals surface area contributed by atoms with E-state index >= 15 is 0 Å². The average molecular weight is 299 g/mol. The fourth-order valence-corrected chi connectivity index (χ4v) is 3.94. The number of nitrogens with zero attached hydrogens (tertiary/aromatic N) is 1. The molecule has 108 valence electrons. The monoisotopic (exact) mass is 299 g/mol. The van der Waals surface area contributed by atoms with Gasteiger partial charge in [-0.2, -0.15) is 5.26 Å². The Labute approximate surface area is 125 Å². The third kappa shape index (κ3) is 3.70. The summed E-state index contributed by atoms with van der Waals surface area (Å²) in [6.07, 6.45) is 0. The van der Waals surface area contributed by atoms with Crippen LogP contribution < -0.4 is 9.92 Å². The van der Waals surface area contributed by atoms with Gasteiger partial charge in [-0.1, -0.05) is 37.8 Å². The number of halogens is 1. The predicted octanol–water partition coefficient (Wildman–Crippen LogP) is 3.82. The molecule has 0 bridgehead atoms. The van der Waals surface area contributed by atoms with E-state index in [2.05, 4.69) is 25.7 Å². The van der Waals surface area contributed by atoms with Crippen molar-refractivity contribution in [1.82, 2.24) is 0 Å². The maximum absolute atomic E-state index is 14.1. The highest BCUT2D eigenvalue weighted by molar-refractivity contribution is 6.89. The molecular weight excluding hydrogens is 281 g/mol. The molecule has 0 N–H and O–H groups in total. The van der Waals surface area contributed by atoms with Crippen LogP contribution in [0.2, 0.25) is 19.6 Å². The number of ether oxygens (including phenoxy) is 1. The van der Waals surface area contributed by atoms with Crippen molar-refractivity contribution in [3.63, 3.8) is 0 Å². The Morgan fingerprint density at radius 2 is 1.86 bits per heavy atom. The molecule has 0 saturated carbocycles. The summed E-state index contributed by atoms with van der Waals surface area (Å²) in [6, 6.07) is 14.3. The molecule has 0 aliphatic rings. The van der Waals surface area contributed by atoms with Crippen LogP contribution in [0, 0.1) is 17.1 Å². The number of nitriles is 1. The van der Waals surface area contributed by atoms with Crippen molar-refractivity contribution in [2.24, 2.45) is 0 Å². The van der Waals surface area contributed by atoms with Crippen LogP contribution in [0.4, 0.5) is 4.39 Å². The number of benzene rings is 2. The van der Waals surface area contributed by atoms with Crippen molar-refractivity contribution < 1.29 is 9.13 Å². The zero-order chi connectivity index (χ0) is 15.5. The van der Waals surface area contributed by atoms with Gasteiger partial charge in [0, 0.05) is 5.19 Å². The van der Waals surface area contributed by atoms with Gasteiger partial charge in [-0.05, 0) is 29.8 Å². The van der Waals surface area contributed by atoms with E-state index in [4.69, 9.17) is 10.00 Å². The largest absolute Gasteiger partial charge is 0.489 e. The van der Waals surface area contributed by atoms with Crippen molar-refractivity contribution in [1.29, 1.82) is 5.26 Å². The maximum atomic E-state index is 14.1. The van der Waals surface area contributed by atoms with E-state index < -0.39 is 8.07 Å². The summed E-state index contributed by atoms with van der Waals surface area (Å²) in [5.74, 6) is 0.411. The van der Waals surface area contributed by atoms with Crippen molar-refractivity contribution in [3.8, 4) is 11.8 Å². The molecule has 2 aromatic carbocycles. The van der Waals surface area contributed by atoms with Crippen molar-refractivity contribution in [3.05, 3.63) is 59.4 Å². The zero-order valence-corrected chi connectivity index (χ0v) is 13.5. The van der Waals surface area contributed by atoms with Gasteiger partial charge < -0.3 is 4.74 Å². The van der Waals surface area contributed by atoms with Gasteiger partial charge in [0.25, 0.3) is 0 Å². The maximum Gasteiger partial charge on any atom is 0.126 e. The van der Waals surface area contributed by atoms with Gasteiger partial charge >= 0.3 is 0 Å². The lowest BCUT2D eigenvalue weighted by molar-refractivity contribution is 0.307. The molecule has 0 aliphatic heterocycles. The Morgan fingerprint density at radius 1 is 1.14 bits per heavy atom. The minimum Gasteiger partial charge on any atom is -0.489 e. The molecule has 0 fully saturated rings. The van der Waals surface area contributed by atoms with Crippen molar-refractivity contribution in [2.45, 2.75) is 26.2 Å². The molecule has 0 aliphatic carbocycles. The Morgan fingerprint density at radius 3 is 2.52 bits per heavy atom. The topological polar surface area (TPSA) is 33.0 Å². The molecule has 0 amide bonds. The van der Waals surface area contributed by atoms with Crippen LogP contribution in [0.15, 0.2) is 42.5 Å². The molecule has 0 saturated heterocycles. The molecule has 4 heteroatoms. The van der Waals surface area contributed by atoms with Crippen LogP contribution in [0.25, 0.3) is 0 Å². The fraction of sp³-hybridized carbons (Fsp3) is 0.235. The average Bonchev–Trinajstić information content (AvgIpc) is 2.44. The van der Waals surface area contributed by atoms with E-state index in [9.17, 15) is 4.39 Å². The molecule has 0 aromatic heterocycles. The molecule has 21 heavy (non-hydrogen) atoms. The number of rotatable bonds is 4. The highest BCUT2D eigenvalue weighted by Crippen LogP contribution is 2.18. The minimum absolute atomic E-state index is 0.197. The Kier molecular flexibility index (Phi) is 4.44. The molecule has 2 aromatic rings. The summed E-state index contributed by atoms with van der Waals surface area (Å²) < 4.78 is 19.9. The van der Waals surface area contributed by atoms with Gasteiger partial charge in [0.15, 0.2) is 0 Å². The third-order valence-corrected chi connectivity index (χ3v) is 5.16. The van der Waals surface area contributed by atoms with E-state index in [1.807, 2.05) is 18.2 Å². The number of hydrogen-bond acceptors (Lipinski definition) is 2. The second-order valence-electron chi connectivity index (χ2n) is 5.96. The quantitative estimate of drug-likeness (QED) is 0.804. The first kappa shape index (κ1) is 15.3. The summed E-state index contributed by atoms with van der Waals surface area (Å²) >= 11 is 0. The first-order valence-corrected chi connectivity index (χ1v) is 10.3. The molecule has 0 unspecified atom stereocenters. The summed E-state index contributed by atoms with van der Waals surface area (Å²) in [6.45, 7) is 6.61. The van der Waals surface area contributed by atoms with E-state index in [1.54, 1.807) is 18.2 Å². The summed E-state index contributed by atoms with van der Waals surface area (Å²) in [5.41, 5.74) is 1.50. The number of hydrogen-bond donors (Lipinski definition) is 0. The van der Waals surface area contributed by atoms with E-state index in [0.717, 1.165) is 5.56 Å². The second kappa shape index (κ2) is 6.11. The van der Waals surface area contributed by atoms with Gasteiger partial charge in [-0.3, -0.25) is 0 Å². The Balaban J connectivity index is 2.25. The highest BCUT2D eigenvalue weighted by atomic mass is 28.3. The second-order valence-corrected chi connectivity index (χ2v) is 11.0. The van der Waals surface area contributed by atoms with Crippen LogP contribution in [-0.4, -0.2) is 8.07 Å². The Bertz CT molecular complexity index is 686. The lowest BCUT2D eigenvalue weighted by atomic mass is 10.1. The van der Waals surface area contributed by atoms with Crippen molar-refractivity contribution in [2.75, 3.05) is 0 Å². The minimum atomic E-state index is -1.83. The van der Waals surface area contributed by atoms with Gasteiger partial charge in [0.2, 0.25) is 0 Å². The summed E-state index contributed by atoms with van der Waals surface area (Å²) in [5, 5.41) is 9.61. The highest BCUT2D eigenvalue weighted by Gasteiger charge is 2.25. The first-order valence-electron chi connectivity index (χ1n) is 6.82. The lowest BCUT2D eigenvalue weighted by Crippen LogP contribution is -2.41. The molecule has 2 nitrogen and oxygen atoms in total. The van der Waals surface area contributed by atoms with Crippen LogP contribution in [0.1, 0.15) is 11.1 Å². The summed E-state index contributed by atoms with van der Waals surface area (Å²) in [7, 11) is -1.83. The van der Waals surface area contributed by atoms with Gasteiger partial charge in [-0.15, -0.1) is 0 Å². The Hall–Kier alpha value is -2.12. The molecule has 0 radical (unpaired) electrons. The predicted molar refractivity (Wildman–Crippen MR) is 84.9 cm³/mol. The van der Waals surface area contributed by atoms with Crippen LogP contribution in [0.5, 0.6) is 5.75 Å². The van der Waals surface area contributed by atoms with Crippen LogP contribution >= 0.6 is 0 Å². The van der Waals surface area contributed by atoms with Gasteiger partial charge in [0.05, 0.1) is 19.7 Å². The normalized spacial score (nSPS) is 11.0. The summed E-state index contributed by atoms with van der Waals surface area (Å²) in [4.78, 5) is 0. The fourth-order valence-electron chi connectivity index (χ4n) is 2.24. The SMILES string of the molecule is C[Si](C)(C)c1c(F)cccc1OCc1cccc(C#N)c1. The molecule has 0 heterocycles. The van der Waals surface area contributed by atoms with Crippen molar-refractivity contribution >= 4 is 13.3 Å². The van der Waals surface area contributed by atoms with E-state index in [0.29, 0.717) is 23.1 Å². The third-order valence-electron chi connectivity index (χ3n) is 3.18. The van der Waals surface area contributed by atoms with Crippen LogP contribution in [0.3, 0.4) is 0 Å². The zero-order valence-electron chi connectivity index (χ0n) is 12.5. The molecule has 0 spiro atoms. The molecule has 2 rings (SSSR count). The lowest BCUT2D eigenvalue weighted by Gasteiger charge is -2.21. The standard InChI is InChI=1S/C17H18FNOSi/c1-21(2,3)17-15(18)8-5-9-16(17)20-12-14-7-4-6-13(10-14)11-19/h4-10H,12H2,1-3H3. The first-order chi connectivity index (χ1) is 9.91.